The lowest BCUT2D eigenvalue weighted by Crippen LogP contribution is -2.54. The molecule has 1 amide bonds. The number of hydrogen-bond donors (Lipinski definition) is 1. The van der Waals surface area contributed by atoms with Crippen LogP contribution in [-0.2, 0) is 4.74 Å². The van der Waals surface area contributed by atoms with Crippen LogP contribution < -0.4 is 10.2 Å². The molecule has 4 atom stereocenters. The molecule has 3 aliphatic heterocycles. The van der Waals surface area contributed by atoms with Crippen molar-refractivity contribution in [1.82, 2.24) is 20.2 Å². The van der Waals surface area contributed by atoms with Crippen molar-refractivity contribution in [1.29, 1.82) is 0 Å². The predicted octanol–water partition coefficient (Wildman–Crippen LogP) is 3.83. The summed E-state index contributed by atoms with van der Waals surface area (Å²) in [6.07, 6.45) is 1.88. The highest BCUT2D eigenvalue weighted by Crippen LogP contribution is 2.42. The normalized spacial score (nSPS) is 24.4. The van der Waals surface area contributed by atoms with E-state index in [9.17, 15) is 4.79 Å². The van der Waals surface area contributed by atoms with Crippen LogP contribution in [0.2, 0.25) is 0 Å². The Morgan fingerprint density at radius 3 is 2.62 bits per heavy atom. The van der Waals surface area contributed by atoms with Crippen LogP contribution in [0.1, 0.15) is 44.1 Å². The molecule has 7 heteroatoms. The van der Waals surface area contributed by atoms with E-state index in [1.165, 1.54) is 5.69 Å². The third-order valence-corrected chi connectivity index (χ3v) is 6.61. The number of piperidine rings is 3. The Hall–Kier alpha value is -2.67. The van der Waals surface area contributed by atoms with Crippen molar-refractivity contribution in [2.45, 2.75) is 51.6 Å². The molecule has 1 aromatic carbocycles. The minimum atomic E-state index is -0.324. The maximum atomic E-state index is 11.9. The Morgan fingerprint density at radius 1 is 1.25 bits per heavy atom. The first-order chi connectivity index (χ1) is 15.3. The first-order valence-corrected chi connectivity index (χ1v) is 11.6. The van der Waals surface area contributed by atoms with E-state index in [1.54, 1.807) is 0 Å². The minimum Gasteiger partial charge on any atom is -0.448 e. The van der Waals surface area contributed by atoms with Crippen LogP contribution in [0.25, 0.3) is 11.3 Å². The summed E-state index contributed by atoms with van der Waals surface area (Å²) in [6, 6.07) is 11.1. The maximum Gasteiger partial charge on any atom is 0.407 e. The monoisotopic (exact) mass is 437 g/mol. The van der Waals surface area contributed by atoms with E-state index >= 15 is 0 Å². The number of amides is 1. The van der Waals surface area contributed by atoms with Gasteiger partial charge in [-0.2, -0.15) is 0 Å². The lowest BCUT2D eigenvalue weighted by molar-refractivity contribution is -0.00373. The van der Waals surface area contributed by atoms with Crippen LogP contribution >= 0.6 is 0 Å². The molecule has 1 unspecified atom stereocenters. The molecule has 0 radical (unpaired) electrons. The number of alkyl carbamates (subject to hydrolysis) is 1. The summed E-state index contributed by atoms with van der Waals surface area (Å²) < 4.78 is 5.49. The lowest BCUT2D eigenvalue weighted by atomic mass is 9.74. The Balaban J connectivity index is 1.46. The molecular formula is C25H35N5O2. The molecule has 1 aromatic heterocycles. The van der Waals surface area contributed by atoms with Gasteiger partial charge < -0.3 is 15.0 Å². The number of carbonyl (C=O) groups excluding carboxylic acids is 1. The summed E-state index contributed by atoms with van der Waals surface area (Å²) in [6.45, 7) is 8.32. The number of ether oxygens (including phenoxy) is 1. The van der Waals surface area contributed by atoms with Gasteiger partial charge in [0, 0.05) is 55.6 Å². The average molecular weight is 438 g/mol. The summed E-state index contributed by atoms with van der Waals surface area (Å²) in [5.41, 5.74) is 4.41. The van der Waals surface area contributed by atoms with Gasteiger partial charge in [-0.05, 0) is 64.3 Å². The molecule has 5 rings (SSSR count). The first-order valence-electron chi connectivity index (χ1n) is 11.6. The van der Waals surface area contributed by atoms with Gasteiger partial charge in [0.25, 0.3) is 0 Å². The van der Waals surface area contributed by atoms with E-state index in [4.69, 9.17) is 14.7 Å². The second kappa shape index (κ2) is 9.45. The van der Waals surface area contributed by atoms with Gasteiger partial charge in [-0.25, -0.2) is 14.8 Å². The molecule has 172 valence electrons. The highest BCUT2D eigenvalue weighted by molar-refractivity contribution is 5.67. The van der Waals surface area contributed by atoms with Crippen LogP contribution in [0.3, 0.4) is 0 Å². The summed E-state index contributed by atoms with van der Waals surface area (Å²) in [7, 11) is 4.09. The van der Waals surface area contributed by atoms with E-state index < -0.39 is 0 Å². The summed E-state index contributed by atoms with van der Waals surface area (Å²) >= 11 is 0. The van der Waals surface area contributed by atoms with Crippen LogP contribution in [0.4, 0.5) is 10.5 Å². The molecular weight excluding hydrogens is 402 g/mol. The molecule has 4 heterocycles. The zero-order valence-corrected chi connectivity index (χ0v) is 19.8. The van der Waals surface area contributed by atoms with E-state index in [2.05, 4.69) is 45.4 Å². The van der Waals surface area contributed by atoms with E-state index in [-0.39, 0.29) is 12.1 Å². The van der Waals surface area contributed by atoms with Gasteiger partial charge in [-0.3, -0.25) is 4.90 Å². The largest absolute Gasteiger partial charge is 0.448 e. The van der Waals surface area contributed by atoms with Crippen molar-refractivity contribution in [3.63, 3.8) is 0 Å². The fourth-order valence-electron chi connectivity index (χ4n) is 4.95. The molecule has 2 aromatic rings. The summed E-state index contributed by atoms with van der Waals surface area (Å²) in [5.74, 6) is 1.77. The lowest BCUT2D eigenvalue weighted by Gasteiger charge is -2.49. The average Bonchev–Trinajstić information content (AvgIpc) is 2.77. The number of nitrogens with zero attached hydrogens (tertiary/aromatic N) is 4. The Labute approximate surface area is 191 Å². The van der Waals surface area contributed by atoms with Crippen LogP contribution in [0.15, 0.2) is 30.3 Å². The third kappa shape index (κ3) is 5.04. The van der Waals surface area contributed by atoms with Crippen LogP contribution in [0.5, 0.6) is 0 Å². The third-order valence-electron chi connectivity index (χ3n) is 6.61. The van der Waals surface area contributed by atoms with Gasteiger partial charge in [-0.1, -0.05) is 12.1 Å². The summed E-state index contributed by atoms with van der Waals surface area (Å²) in [5, 5.41) is 2.80. The van der Waals surface area contributed by atoms with Gasteiger partial charge >= 0.3 is 6.09 Å². The minimum absolute atomic E-state index is 0.0873. The van der Waals surface area contributed by atoms with Crippen LogP contribution in [-0.4, -0.2) is 66.8 Å². The number of benzene rings is 1. The molecule has 0 aliphatic carbocycles. The van der Waals surface area contributed by atoms with Crippen LogP contribution in [0, 0.1) is 12.8 Å². The van der Waals surface area contributed by atoms with Crippen molar-refractivity contribution >= 4 is 11.8 Å². The number of aromatic nitrogens is 2. The van der Waals surface area contributed by atoms with Gasteiger partial charge in [0.05, 0.1) is 5.69 Å². The second-order valence-corrected chi connectivity index (χ2v) is 9.60. The Morgan fingerprint density at radius 2 is 2.00 bits per heavy atom. The summed E-state index contributed by atoms with van der Waals surface area (Å²) in [4.78, 5) is 26.0. The van der Waals surface area contributed by atoms with Crippen molar-refractivity contribution in [3.05, 3.63) is 41.9 Å². The number of carbonyl (C=O) groups is 1. The van der Waals surface area contributed by atoms with Gasteiger partial charge in [-0.15, -0.1) is 0 Å². The SMILES string of the molecule is Cc1nc(-c2ccc(N(C)C)cc2)cc([C@@H]2CN3CC[C@H]2C[C@@H]3COC(=O)NC(C)C)n1. The van der Waals surface area contributed by atoms with Gasteiger partial charge in [0.15, 0.2) is 0 Å². The molecule has 0 spiro atoms. The molecule has 0 saturated carbocycles. The quantitative estimate of drug-likeness (QED) is 0.741. The fourth-order valence-corrected chi connectivity index (χ4v) is 4.95. The van der Waals surface area contributed by atoms with E-state index in [0.717, 1.165) is 48.7 Å². The van der Waals surface area contributed by atoms with Crippen molar-refractivity contribution in [3.8, 4) is 11.3 Å². The maximum absolute atomic E-state index is 11.9. The number of aryl methyl sites for hydroxylation is 1. The van der Waals surface area contributed by atoms with Crippen molar-refractivity contribution in [2.24, 2.45) is 5.92 Å². The Kier molecular flexibility index (Phi) is 6.65. The molecule has 1 N–H and O–H groups in total. The standard InChI is InChI=1S/C25H35N5O2/c1-16(2)26-25(31)32-15-21-12-19-10-11-30(21)14-22(19)24-13-23(27-17(3)28-24)18-6-8-20(9-7-18)29(4)5/h6-9,13,16,19,21-22H,10-12,14-15H2,1-5H3,(H,26,31)/t19-,21+,22+/m0/s1. The Bertz CT molecular complexity index is 944. The highest BCUT2D eigenvalue weighted by atomic mass is 16.5. The number of fused-ring (bicyclic) bond motifs is 3. The number of anilines is 1. The van der Waals surface area contributed by atoms with Crippen molar-refractivity contribution in [2.75, 3.05) is 38.7 Å². The van der Waals surface area contributed by atoms with Gasteiger partial charge in [0.1, 0.15) is 12.4 Å². The van der Waals surface area contributed by atoms with Crippen molar-refractivity contribution < 1.29 is 9.53 Å². The molecule has 32 heavy (non-hydrogen) atoms. The van der Waals surface area contributed by atoms with E-state index in [1.807, 2.05) is 34.9 Å². The molecule has 3 aliphatic rings. The second-order valence-electron chi connectivity index (χ2n) is 9.60. The molecule has 3 saturated heterocycles. The predicted molar refractivity (Wildman–Crippen MR) is 127 cm³/mol. The van der Waals surface area contributed by atoms with Gasteiger partial charge in [0.2, 0.25) is 0 Å². The highest BCUT2D eigenvalue weighted by Gasteiger charge is 2.42. The number of rotatable bonds is 6. The fraction of sp³-hybridized carbons (Fsp3) is 0.560. The first kappa shape index (κ1) is 22.5. The topological polar surface area (TPSA) is 70.6 Å². The molecule has 2 bridgehead atoms. The zero-order chi connectivity index (χ0) is 22.8. The number of hydrogen-bond acceptors (Lipinski definition) is 6. The molecule has 3 fully saturated rings. The zero-order valence-electron chi connectivity index (χ0n) is 19.8. The molecule has 7 nitrogen and oxygen atoms in total. The number of nitrogens with one attached hydrogen (secondary N) is 1. The smallest absolute Gasteiger partial charge is 0.407 e. The van der Waals surface area contributed by atoms with E-state index in [0.29, 0.717) is 24.5 Å².